The molecule has 174 valence electrons. The van der Waals surface area contributed by atoms with Crippen LogP contribution in [0.3, 0.4) is 0 Å². The third kappa shape index (κ3) is 6.87. The molecule has 0 aliphatic rings. The summed E-state index contributed by atoms with van der Waals surface area (Å²) in [6.07, 6.45) is 1.53. The van der Waals surface area contributed by atoms with Crippen molar-refractivity contribution in [2.75, 3.05) is 30.9 Å². The van der Waals surface area contributed by atoms with Gasteiger partial charge in [-0.25, -0.2) is 0 Å². The molecular weight excluding hydrogens is 494 g/mol. The average Bonchev–Trinajstić information content (AvgIpc) is 2.83. The van der Waals surface area contributed by atoms with Gasteiger partial charge in [0, 0.05) is 29.9 Å². The van der Waals surface area contributed by atoms with E-state index in [-0.39, 0.29) is 5.57 Å². The van der Waals surface area contributed by atoms with E-state index in [0.29, 0.717) is 36.0 Å². The highest BCUT2D eigenvalue weighted by molar-refractivity contribution is 9.10. The second-order valence-electron chi connectivity index (χ2n) is 7.62. The van der Waals surface area contributed by atoms with Crippen LogP contribution in [0.25, 0.3) is 6.08 Å². The van der Waals surface area contributed by atoms with Crippen molar-refractivity contribution in [2.45, 2.75) is 13.5 Å². The molecule has 0 fully saturated rings. The molecule has 1 N–H and O–H groups in total. The summed E-state index contributed by atoms with van der Waals surface area (Å²) in [5.41, 5.74) is 3.30. The van der Waals surface area contributed by atoms with Crippen LogP contribution in [0.15, 0.2) is 76.8 Å². The Labute approximate surface area is 208 Å². The number of carbonyl (C=O) groups is 1. The molecule has 0 aromatic heterocycles. The van der Waals surface area contributed by atoms with E-state index in [4.69, 9.17) is 9.47 Å². The maximum atomic E-state index is 12.7. The van der Waals surface area contributed by atoms with E-state index >= 15 is 0 Å². The van der Waals surface area contributed by atoms with Crippen molar-refractivity contribution < 1.29 is 14.3 Å². The first-order valence-corrected chi connectivity index (χ1v) is 11.5. The zero-order chi connectivity index (χ0) is 24.5. The third-order valence-electron chi connectivity index (χ3n) is 4.89. The van der Waals surface area contributed by atoms with E-state index in [0.717, 1.165) is 15.7 Å². The molecule has 34 heavy (non-hydrogen) atoms. The predicted molar refractivity (Wildman–Crippen MR) is 139 cm³/mol. The van der Waals surface area contributed by atoms with Crippen LogP contribution in [0, 0.1) is 11.3 Å². The number of nitrogens with zero attached hydrogens (tertiary/aromatic N) is 2. The Morgan fingerprint density at radius 3 is 2.35 bits per heavy atom. The Balaban J connectivity index is 1.75. The normalized spacial score (nSPS) is 10.9. The highest BCUT2D eigenvalue weighted by Gasteiger charge is 2.12. The van der Waals surface area contributed by atoms with Gasteiger partial charge in [0.2, 0.25) is 0 Å². The quantitative estimate of drug-likeness (QED) is 0.275. The van der Waals surface area contributed by atoms with Crippen molar-refractivity contribution in [3.63, 3.8) is 0 Å². The van der Waals surface area contributed by atoms with Crippen molar-refractivity contribution in [2.24, 2.45) is 0 Å². The molecule has 7 heteroatoms. The Morgan fingerprint density at radius 1 is 1.03 bits per heavy atom. The largest absolute Gasteiger partial charge is 0.490 e. The number of hydrogen-bond donors (Lipinski definition) is 1. The lowest BCUT2D eigenvalue weighted by atomic mass is 10.1. The molecule has 3 aromatic rings. The molecule has 0 bridgehead atoms. The summed E-state index contributed by atoms with van der Waals surface area (Å²) in [4.78, 5) is 14.6. The highest BCUT2D eigenvalue weighted by atomic mass is 79.9. The van der Waals surface area contributed by atoms with Crippen LogP contribution >= 0.6 is 15.9 Å². The Morgan fingerprint density at radius 2 is 1.74 bits per heavy atom. The van der Waals surface area contributed by atoms with Gasteiger partial charge in [0.15, 0.2) is 11.5 Å². The number of ether oxygens (including phenoxy) is 2. The molecule has 0 saturated carbocycles. The van der Waals surface area contributed by atoms with Gasteiger partial charge >= 0.3 is 0 Å². The first-order valence-electron chi connectivity index (χ1n) is 10.7. The number of halogens is 1. The topological polar surface area (TPSA) is 74.6 Å². The number of hydrogen-bond acceptors (Lipinski definition) is 5. The molecule has 1 amide bonds. The number of rotatable bonds is 9. The van der Waals surface area contributed by atoms with E-state index in [1.807, 2.05) is 68.4 Å². The summed E-state index contributed by atoms with van der Waals surface area (Å²) < 4.78 is 12.7. The van der Waals surface area contributed by atoms with E-state index in [2.05, 4.69) is 21.2 Å². The lowest BCUT2D eigenvalue weighted by Gasteiger charge is -2.13. The summed E-state index contributed by atoms with van der Waals surface area (Å²) in [5, 5.41) is 12.3. The molecule has 0 aliphatic carbocycles. The van der Waals surface area contributed by atoms with Gasteiger partial charge in [-0.3, -0.25) is 4.79 Å². The summed E-state index contributed by atoms with van der Waals surface area (Å²) >= 11 is 3.42. The fourth-order valence-electron chi connectivity index (χ4n) is 3.10. The van der Waals surface area contributed by atoms with Gasteiger partial charge < -0.3 is 19.7 Å². The van der Waals surface area contributed by atoms with Crippen molar-refractivity contribution in [1.29, 1.82) is 5.26 Å². The maximum Gasteiger partial charge on any atom is 0.266 e. The molecule has 0 unspecified atom stereocenters. The highest BCUT2D eigenvalue weighted by Crippen LogP contribution is 2.30. The zero-order valence-corrected chi connectivity index (χ0v) is 20.9. The molecule has 6 nitrogen and oxygen atoms in total. The molecule has 0 saturated heterocycles. The molecule has 0 atom stereocenters. The second-order valence-corrected chi connectivity index (χ2v) is 8.54. The maximum absolute atomic E-state index is 12.7. The van der Waals surface area contributed by atoms with Crippen LogP contribution in [-0.2, 0) is 11.4 Å². The summed E-state index contributed by atoms with van der Waals surface area (Å²) in [6, 6.07) is 22.6. The number of nitriles is 1. The van der Waals surface area contributed by atoms with E-state index in [9.17, 15) is 10.1 Å². The van der Waals surface area contributed by atoms with Crippen molar-refractivity contribution in [1.82, 2.24) is 0 Å². The summed E-state index contributed by atoms with van der Waals surface area (Å²) in [7, 11) is 3.88. The van der Waals surface area contributed by atoms with Crippen LogP contribution in [0.1, 0.15) is 18.1 Å². The van der Waals surface area contributed by atoms with Crippen molar-refractivity contribution >= 4 is 39.3 Å². The first-order chi connectivity index (χ1) is 16.4. The molecule has 0 radical (unpaired) electrons. The van der Waals surface area contributed by atoms with Crippen LogP contribution < -0.4 is 19.7 Å². The van der Waals surface area contributed by atoms with Gasteiger partial charge in [-0.15, -0.1) is 0 Å². The SMILES string of the molecule is CCOc1cc(/C=C(/C#N)C(=O)Nc2ccc(N(C)C)cc2)ccc1OCc1ccc(Br)cc1. The standard InChI is InChI=1S/C27H26BrN3O3/c1-4-33-26-16-20(7-14-25(26)34-18-19-5-8-22(28)9-6-19)15-21(17-29)27(32)30-23-10-12-24(13-11-23)31(2)3/h5-16H,4,18H2,1-3H3,(H,30,32)/b21-15-. The van der Waals surface area contributed by atoms with Gasteiger partial charge in [0.05, 0.1) is 6.61 Å². The average molecular weight is 520 g/mol. The van der Waals surface area contributed by atoms with E-state index in [1.165, 1.54) is 6.08 Å². The molecule has 0 heterocycles. The minimum Gasteiger partial charge on any atom is -0.490 e. The lowest BCUT2D eigenvalue weighted by molar-refractivity contribution is -0.112. The lowest BCUT2D eigenvalue weighted by Crippen LogP contribution is -2.14. The predicted octanol–water partition coefficient (Wildman–Crippen LogP) is 6.04. The van der Waals surface area contributed by atoms with Crippen molar-refractivity contribution in [3.8, 4) is 17.6 Å². The van der Waals surface area contributed by atoms with Gasteiger partial charge in [-0.05, 0) is 72.7 Å². The molecule has 0 aliphatic heterocycles. The fourth-order valence-corrected chi connectivity index (χ4v) is 3.36. The third-order valence-corrected chi connectivity index (χ3v) is 5.42. The number of anilines is 2. The Hall–Kier alpha value is -3.76. The Kier molecular flexibility index (Phi) is 8.72. The number of carbonyl (C=O) groups excluding carboxylic acids is 1. The number of nitrogens with one attached hydrogen (secondary N) is 1. The zero-order valence-electron chi connectivity index (χ0n) is 19.3. The molecule has 0 spiro atoms. The van der Waals surface area contributed by atoms with Gasteiger partial charge in [-0.1, -0.05) is 34.1 Å². The van der Waals surface area contributed by atoms with Gasteiger partial charge in [0.25, 0.3) is 5.91 Å². The first kappa shape index (κ1) is 24.9. The molecule has 3 aromatic carbocycles. The van der Waals surface area contributed by atoms with Crippen LogP contribution in [0.2, 0.25) is 0 Å². The monoisotopic (exact) mass is 519 g/mol. The summed E-state index contributed by atoms with van der Waals surface area (Å²) in [5.74, 6) is 0.657. The smallest absolute Gasteiger partial charge is 0.266 e. The molecule has 3 rings (SSSR count). The van der Waals surface area contributed by atoms with Crippen LogP contribution in [0.4, 0.5) is 11.4 Å². The van der Waals surface area contributed by atoms with Crippen LogP contribution in [-0.4, -0.2) is 26.6 Å². The van der Waals surface area contributed by atoms with Gasteiger partial charge in [0.1, 0.15) is 18.2 Å². The Bertz CT molecular complexity index is 1200. The number of amides is 1. The minimum absolute atomic E-state index is 0.0114. The summed E-state index contributed by atoms with van der Waals surface area (Å²) in [6.45, 7) is 2.73. The fraction of sp³-hybridized carbons (Fsp3) is 0.185. The number of benzene rings is 3. The van der Waals surface area contributed by atoms with Gasteiger partial charge in [-0.2, -0.15) is 5.26 Å². The van der Waals surface area contributed by atoms with Crippen molar-refractivity contribution in [3.05, 3.63) is 87.9 Å². The van der Waals surface area contributed by atoms with E-state index < -0.39 is 5.91 Å². The van der Waals surface area contributed by atoms with Crippen LogP contribution in [0.5, 0.6) is 11.5 Å². The minimum atomic E-state index is -0.478. The molecular formula is C27H26BrN3O3. The second kappa shape index (κ2) is 11.9. The van der Waals surface area contributed by atoms with E-state index in [1.54, 1.807) is 30.3 Å².